The molecule has 136 valence electrons. The zero-order chi connectivity index (χ0) is 19.1. The van der Waals surface area contributed by atoms with E-state index in [9.17, 15) is 27.2 Å². The fourth-order valence-corrected chi connectivity index (χ4v) is 2.55. The second kappa shape index (κ2) is 6.28. The standard InChI is InChI=1S/C16H11F4N3O3/c17-15(18)16(19,20)26-11-5-10(6-22-7-11)23-12-2-1-8(14(21)25)3-9(12)4-13(23)24/h1-3,5-7,15H,4H2,(H2,21,25). The summed E-state index contributed by atoms with van der Waals surface area (Å²) >= 11 is 0. The van der Waals surface area contributed by atoms with Gasteiger partial charge in [0.1, 0.15) is 5.75 Å². The van der Waals surface area contributed by atoms with Crippen LogP contribution in [0.2, 0.25) is 0 Å². The minimum atomic E-state index is -4.69. The number of halogens is 4. The highest BCUT2D eigenvalue weighted by molar-refractivity contribution is 6.08. The summed E-state index contributed by atoms with van der Waals surface area (Å²) in [6.45, 7) is 0. The number of benzene rings is 1. The molecule has 0 fully saturated rings. The van der Waals surface area contributed by atoms with Crippen molar-refractivity contribution in [1.29, 1.82) is 0 Å². The molecule has 1 aliphatic heterocycles. The highest BCUT2D eigenvalue weighted by Gasteiger charge is 2.44. The summed E-state index contributed by atoms with van der Waals surface area (Å²) < 4.78 is 54.6. The zero-order valence-corrected chi connectivity index (χ0v) is 13.0. The van der Waals surface area contributed by atoms with Crippen LogP contribution in [0.5, 0.6) is 5.75 Å². The number of carbonyl (C=O) groups is 2. The molecule has 1 aromatic carbocycles. The molecule has 10 heteroatoms. The maximum atomic E-state index is 13.1. The second-order valence-corrected chi connectivity index (χ2v) is 5.46. The van der Waals surface area contributed by atoms with Crippen LogP contribution in [-0.2, 0) is 11.2 Å². The normalized spacial score (nSPS) is 13.9. The Bertz CT molecular complexity index is 889. The summed E-state index contributed by atoms with van der Waals surface area (Å²) in [5, 5.41) is 0. The quantitative estimate of drug-likeness (QED) is 0.821. The Balaban J connectivity index is 1.95. The predicted molar refractivity (Wildman–Crippen MR) is 81.6 cm³/mol. The lowest BCUT2D eigenvalue weighted by Crippen LogP contribution is -2.33. The molecule has 0 unspecified atom stereocenters. The van der Waals surface area contributed by atoms with Crippen LogP contribution in [0.15, 0.2) is 36.7 Å². The van der Waals surface area contributed by atoms with Gasteiger partial charge in [0.15, 0.2) is 0 Å². The monoisotopic (exact) mass is 369 g/mol. The summed E-state index contributed by atoms with van der Waals surface area (Å²) in [4.78, 5) is 28.3. The Morgan fingerprint density at radius 1 is 1.27 bits per heavy atom. The van der Waals surface area contributed by atoms with Gasteiger partial charge >= 0.3 is 12.5 Å². The number of primary amides is 1. The van der Waals surface area contributed by atoms with Crippen LogP contribution in [0.3, 0.4) is 0 Å². The summed E-state index contributed by atoms with van der Waals surface area (Å²) in [5.41, 5.74) is 6.38. The third-order valence-corrected chi connectivity index (χ3v) is 3.66. The van der Waals surface area contributed by atoms with Crippen molar-refractivity contribution in [3.05, 3.63) is 47.8 Å². The van der Waals surface area contributed by atoms with E-state index >= 15 is 0 Å². The van der Waals surface area contributed by atoms with Crippen molar-refractivity contribution in [2.45, 2.75) is 19.0 Å². The molecule has 0 bridgehead atoms. The molecular formula is C16H11F4N3O3. The molecule has 1 aliphatic rings. The summed E-state index contributed by atoms with van der Waals surface area (Å²) in [7, 11) is 0. The molecule has 0 atom stereocenters. The smallest absolute Gasteiger partial charge is 0.427 e. The summed E-state index contributed by atoms with van der Waals surface area (Å²) in [6, 6.07) is 5.33. The van der Waals surface area contributed by atoms with Crippen molar-refractivity contribution in [2.75, 3.05) is 4.90 Å². The molecule has 3 rings (SSSR count). The number of pyridine rings is 1. The molecule has 0 radical (unpaired) electrons. The van der Waals surface area contributed by atoms with E-state index in [1.165, 1.54) is 29.3 Å². The number of alkyl halides is 4. The van der Waals surface area contributed by atoms with Gasteiger partial charge in [0.05, 0.1) is 30.2 Å². The predicted octanol–water partition coefficient (Wildman–Crippen LogP) is 2.64. The first-order valence-electron chi connectivity index (χ1n) is 7.25. The average Bonchev–Trinajstić information content (AvgIpc) is 2.89. The molecule has 0 spiro atoms. The number of anilines is 2. The number of ether oxygens (including phenoxy) is 1. The van der Waals surface area contributed by atoms with E-state index in [0.29, 0.717) is 11.3 Å². The van der Waals surface area contributed by atoms with Crippen LogP contribution >= 0.6 is 0 Å². The second-order valence-electron chi connectivity index (χ2n) is 5.46. The van der Waals surface area contributed by atoms with Gasteiger partial charge in [-0.1, -0.05) is 0 Å². The fourth-order valence-electron chi connectivity index (χ4n) is 2.55. The Hall–Kier alpha value is -3.17. The Morgan fingerprint density at radius 3 is 2.65 bits per heavy atom. The highest BCUT2D eigenvalue weighted by atomic mass is 19.3. The van der Waals surface area contributed by atoms with Gasteiger partial charge in [-0.25, -0.2) is 0 Å². The highest BCUT2D eigenvalue weighted by Crippen LogP contribution is 2.37. The van der Waals surface area contributed by atoms with Crippen molar-refractivity contribution in [3.8, 4) is 5.75 Å². The van der Waals surface area contributed by atoms with E-state index in [2.05, 4.69) is 9.72 Å². The van der Waals surface area contributed by atoms with E-state index in [-0.39, 0.29) is 17.7 Å². The van der Waals surface area contributed by atoms with Gasteiger partial charge in [0.25, 0.3) is 0 Å². The first kappa shape index (κ1) is 17.6. The minimum Gasteiger partial charge on any atom is -0.427 e. The summed E-state index contributed by atoms with van der Waals surface area (Å²) in [6.07, 6.45) is -6.73. The van der Waals surface area contributed by atoms with Crippen LogP contribution in [0, 0.1) is 0 Å². The number of hydrogen-bond donors (Lipinski definition) is 1. The molecule has 0 aliphatic carbocycles. The molecule has 2 N–H and O–H groups in total. The van der Waals surface area contributed by atoms with Gasteiger partial charge in [-0.15, -0.1) is 0 Å². The van der Waals surface area contributed by atoms with Gasteiger partial charge in [-0.2, -0.15) is 17.6 Å². The molecule has 0 saturated heterocycles. The Kier molecular flexibility index (Phi) is 4.26. The van der Waals surface area contributed by atoms with Gasteiger partial charge < -0.3 is 10.5 Å². The average molecular weight is 369 g/mol. The van der Waals surface area contributed by atoms with Crippen molar-refractivity contribution < 1.29 is 31.9 Å². The third-order valence-electron chi connectivity index (χ3n) is 3.66. The number of fused-ring (bicyclic) bond motifs is 1. The van der Waals surface area contributed by atoms with Crippen molar-refractivity contribution in [3.63, 3.8) is 0 Å². The lowest BCUT2D eigenvalue weighted by atomic mass is 10.1. The fraction of sp³-hybridized carbons (Fsp3) is 0.188. The van der Waals surface area contributed by atoms with Crippen LogP contribution < -0.4 is 15.4 Å². The first-order chi connectivity index (χ1) is 12.2. The van der Waals surface area contributed by atoms with Crippen molar-refractivity contribution >= 4 is 23.2 Å². The van der Waals surface area contributed by atoms with E-state index in [0.717, 1.165) is 12.3 Å². The van der Waals surface area contributed by atoms with Gasteiger partial charge in [0.2, 0.25) is 11.8 Å². The summed E-state index contributed by atoms with van der Waals surface area (Å²) in [5.74, 6) is -1.70. The molecule has 2 heterocycles. The number of amides is 2. The number of carbonyl (C=O) groups excluding carboxylic acids is 2. The SMILES string of the molecule is NC(=O)c1ccc2c(c1)CC(=O)N2c1cncc(OC(F)(F)C(F)F)c1. The largest absolute Gasteiger partial charge is 0.461 e. The third kappa shape index (κ3) is 3.17. The lowest BCUT2D eigenvalue weighted by molar-refractivity contribution is -0.253. The topological polar surface area (TPSA) is 85.5 Å². The molecule has 2 aromatic rings. The lowest BCUT2D eigenvalue weighted by Gasteiger charge is -2.20. The van der Waals surface area contributed by atoms with E-state index < -0.39 is 30.1 Å². The van der Waals surface area contributed by atoms with Crippen molar-refractivity contribution in [2.24, 2.45) is 5.73 Å². The van der Waals surface area contributed by atoms with E-state index in [1.807, 2.05) is 0 Å². The number of hydrogen-bond acceptors (Lipinski definition) is 4. The Labute approximate surface area is 144 Å². The van der Waals surface area contributed by atoms with Gasteiger partial charge in [0, 0.05) is 11.6 Å². The minimum absolute atomic E-state index is 0.0469. The first-order valence-corrected chi connectivity index (χ1v) is 7.25. The van der Waals surface area contributed by atoms with Gasteiger partial charge in [-0.3, -0.25) is 19.5 Å². The van der Waals surface area contributed by atoms with Gasteiger partial charge in [-0.05, 0) is 23.8 Å². The van der Waals surface area contributed by atoms with Crippen molar-refractivity contribution in [1.82, 2.24) is 4.98 Å². The van der Waals surface area contributed by atoms with E-state index in [1.54, 1.807) is 0 Å². The van der Waals surface area contributed by atoms with Crippen LogP contribution in [0.25, 0.3) is 0 Å². The molecule has 2 amide bonds. The molecule has 26 heavy (non-hydrogen) atoms. The maximum Gasteiger partial charge on any atom is 0.461 e. The van der Waals surface area contributed by atoms with Crippen LogP contribution in [0.1, 0.15) is 15.9 Å². The zero-order valence-electron chi connectivity index (χ0n) is 13.0. The number of rotatable bonds is 5. The number of nitrogens with two attached hydrogens (primary N) is 1. The van der Waals surface area contributed by atoms with E-state index in [4.69, 9.17) is 5.73 Å². The molecular weight excluding hydrogens is 358 g/mol. The number of nitrogens with zero attached hydrogens (tertiary/aromatic N) is 2. The van der Waals surface area contributed by atoms with Crippen LogP contribution in [0.4, 0.5) is 28.9 Å². The van der Waals surface area contributed by atoms with Crippen LogP contribution in [-0.4, -0.2) is 29.3 Å². The molecule has 1 aromatic heterocycles. The maximum absolute atomic E-state index is 13.1. The molecule has 0 saturated carbocycles. The molecule has 6 nitrogen and oxygen atoms in total. The Morgan fingerprint density at radius 2 is 2.00 bits per heavy atom. The number of aromatic nitrogens is 1.